The van der Waals surface area contributed by atoms with Crippen molar-refractivity contribution in [3.05, 3.63) is 92.8 Å². The van der Waals surface area contributed by atoms with E-state index in [0.29, 0.717) is 11.1 Å². The van der Waals surface area contributed by atoms with Crippen LogP contribution in [0.15, 0.2) is 59.7 Å². The molecule has 1 heterocycles. The quantitative estimate of drug-likeness (QED) is 0.264. The Morgan fingerprint density at radius 1 is 1.16 bits per heavy atom. The van der Waals surface area contributed by atoms with Gasteiger partial charge in [-0.1, -0.05) is 24.3 Å². The molecule has 1 N–H and O–H groups in total. The van der Waals surface area contributed by atoms with Gasteiger partial charge in [0.1, 0.15) is 0 Å². The minimum atomic E-state index is -0.518. The summed E-state index contributed by atoms with van der Waals surface area (Å²) >= 11 is 0. The third-order valence-electron chi connectivity index (χ3n) is 4.93. The third kappa shape index (κ3) is 4.89. The number of para-hydroxylation sites is 1. The van der Waals surface area contributed by atoms with Gasteiger partial charge in [-0.3, -0.25) is 14.9 Å². The van der Waals surface area contributed by atoms with Crippen LogP contribution >= 0.6 is 0 Å². The molecule has 1 amide bonds. The van der Waals surface area contributed by atoms with E-state index in [0.717, 1.165) is 22.6 Å². The van der Waals surface area contributed by atoms with Gasteiger partial charge in [0.05, 0.1) is 30.2 Å². The standard InChI is InChI=1S/C23H22N4O5/c1-15-11-19(16(2)26(15)20-9-6-8-18(12-20)23(29)32-3)14-24-25-22(28)13-17-7-4-5-10-21(17)27(30)31/h4-12,14H,13H2,1-3H3,(H,25,28)/b24-14+. The van der Waals surface area contributed by atoms with Gasteiger partial charge in [-0.05, 0) is 38.1 Å². The average molecular weight is 434 g/mol. The minimum absolute atomic E-state index is 0.107. The molecule has 0 aliphatic carbocycles. The first kappa shape index (κ1) is 22.4. The molecule has 32 heavy (non-hydrogen) atoms. The molecule has 9 heteroatoms. The molecule has 2 aromatic carbocycles. The van der Waals surface area contributed by atoms with E-state index in [9.17, 15) is 19.7 Å². The van der Waals surface area contributed by atoms with Gasteiger partial charge in [0.25, 0.3) is 5.69 Å². The highest BCUT2D eigenvalue weighted by molar-refractivity contribution is 5.90. The topological polar surface area (TPSA) is 116 Å². The van der Waals surface area contributed by atoms with Crippen molar-refractivity contribution in [2.45, 2.75) is 20.3 Å². The summed E-state index contributed by atoms with van der Waals surface area (Å²) in [5, 5.41) is 15.1. The van der Waals surface area contributed by atoms with Crippen LogP contribution in [0.25, 0.3) is 5.69 Å². The SMILES string of the molecule is COC(=O)c1cccc(-n2c(C)cc(/C=N/NC(=O)Cc3ccccc3[N+](=O)[O-])c2C)c1. The number of aromatic nitrogens is 1. The molecule has 0 bridgehead atoms. The molecule has 0 saturated carbocycles. The van der Waals surface area contributed by atoms with Gasteiger partial charge in [-0.15, -0.1) is 0 Å². The molecule has 0 aliphatic rings. The minimum Gasteiger partial charge on any atom is -0.465 e. The highest BCUT2D eigenvalue weighted by atomic mass is 16.6. The summed E-state index contributed by atoms with van der Waals surface area (Å²) in [5.74, 6) is -0.882. The van der Waals surface area contributed by atoms with Crippen molar-refractivity contribution < 1.29 is 19.2 Å². The van der Waals surface area contributed by atoms with Crippen molar-refractivity contribution in [3.63, 3.8) is 0 Å². The third-order valence-corrected chi connectivity index (χ3v) is 4.93. The molecule has 0 spiro atoms. The van der Waals surface area contributed by atoms with E-state index in [4.69, 9.17) is 4.74 Å². The van der Waals surface area contributed by atoms with Crippen LogP contribution in [0, 0.1) is 24.0 Å². The van der Waals surface area contributed by atoms with E-state index in [1.165, 1.54) is 25.5 Å². The smallest absolute Gasteiger partial charge is 0.337 e. The van der Waals surface area contributed by atoms with E-state index in [1.807, 2.05) is 30.5 Å². The van der Waals surface area contributed by atoms with E-state index in [2.05, 4.69) is 10.5 Å². The van der Waals surface area contributed by atoms with E-state index < -0.39 is 16.8 Å². The Bertz CT molecular complexity index is 1210. The van der Waals surface area contributed by atoms with Crippen molar-refractivity contribution in [1.82, 2.24) is 9.99 Å². The first-order chi connectivity index (χ1) is 15.3. The number of rotatable bonds is 7. The molecule has 164 valence electrons. The number of amides is 1. The van der Waals surface area contributed by atoms with Crippen molar-refractivity contribution >= 4 is 23.8 Å². The van der Waals surface area contributed by atoms with Crippen LogP contribution < -0.4 is 5.43 Å². The van der Waals surface area contributed by atoms with Crippen LogP contribution in [0.2, 0.25) is 0 Å². The summed E-state index contributed by atoms with van der Waals surface area (Å²) in [7, 11) is 1.33. The fourth-order valence-corrected chi connectivity index (χ4v) is 3.43. The Morgan fingerprint density at radius 3 is 2.62 bits per heavy atom. The lowest BCUT2D eigenvalue weighted by Gasteiger charge is -2.10. The van der Waals surface area contributed by atoms with Crippen molar-refractivity contribution in [2.24, 2.45) is 5.10 Å². The number of ether oxygens (including phenoxy) is 1. The highest BCUT2D eigenvalue weighted by Gasteiger charge is 2.15. The van der Waals surface area contributed by atoms with Gasteiger partial charge >= 0.3 is 5.97 Å². The predicted molar refractivity (Wildman–Crippen MR) is 119 cm³/mol. The lowest BCUT2D eigenvalue weighted by atomic mass is 10.1. The number of nitro groups is 1. The second-order valence-corrected chi connectivity index (χ2v) is 7.06. The van der Waals surface area contributed by atoms with E-state index in [-0.39, 0.29) is 12.1 Å². The number of aryl methyl sites for hydroxylation is 1. The Kier molecular flexibility index (Phi) is 6.79. The molecule has 0 fully saturated rings. The Balaban J connectivity index is 1.75. The lowest BCUT2D eigenvalue weighted by molar-refractivity contribution is -0.385. The molecule has 0 aliphatic heterocycles. The zero-order chi connectivity index (χ0) is 23.3. The number of carbonyl (C=O) groups excluding carboxylic acids is 2. The molecule has 3 aromatic rings. The van der Waals surface area contributed by atoms with Crippen LogP contribution in [0.5, 0.6) is 0 Å². The fourth-order valence-electron chi connectivity index (χ4n) is 3.43. The first-order valence-corrected chi connectivity index (χ1v) is 9.73. The molecular weight excluding hydrogens is 412 g/mol. The fraction of sp³-hybridized carbons (Fsp3) is 0.174. The second kappa shape index (κ2) is 9.69. The number of esters is 1. The molecule has 0 radical (unpaired) electrons. The number of hydrogen-bond donors (Lipinski definition) is 1. The normalized spacial score (nSPS) is 10.8. The summed E-state index contributed by atoms with van der Waals surface area (Å²) in [6, 6.07) is 15.1. The zero-order valence-corrected chi connectivity index (χ0v) is 17.9. The number of nitrogens with zero attached hydrogens (tertiary/aromatic N) is 3. The summed E-state index contributed by atoms with van der Waals surface area (Å²) in [4.78, 5) is 34.6. The van der Waals surface area contributed by atoms with Crippen LogP contribution in [0.4, 0.5) is 5.69 Å². The van der Waals surface area contributed by atoms with E-state index >= 15 is 0 Å². The number of methoxy groups -OCH3 is 1. The molecule has 0 saturated heterocycles. The number of benzene rings is 2. The van der Waals surface area contributed by atoms with Gasteiger partial charge in [-0.25, -0.2) is 10.2 Å². The molecule has 1 aromatic heterocycles. The first-order valence-electron chi connectivity index (χ1n) is 9.73. The molecular formula is C23H22N4O5. The highest BCUT2D eigenvalue weighted by Crippen LogP contribution is 2.21. The number of nitro benzene ring substituents is 1. The van der Waals surface area contributed by atoms with Gasteiger partial charge in [-0.2, -0.15) is 5.10 Å². The summed E-state index contributed by atoms with van der Waals surface area (Å²) < 4.78 is 6.75. The van der Waals surface area contributed by atoms with Crippen LogP contribution in [0.1, 0.15) is 32.9 Å². The van der Waals surface area contributed by atoms with Crippen LogP contribution in [-0.2, 0) is 16.0 Å². The number of hydrazone groups is 1. The average Bonchev–Trinajstić information content (AvgIpc) is 3.06. The lowest BCUT2D eigenvalue weighted by Crippen LogP contribution is -2.20. The maximum atomic E-state index is 12.2. The number of carbonyl (C=O) groups is 2. The second-order valence-electron chi connectivity index (χ2n) is 7.06. The monoisotopic (exact) mass is 434 g/mol. The van der Waals surface area contributed by atoms with Gasteiger partial charge in [0.2, 0.25) is 5.91 Å². The Labute approximate surface area is 184 Å². The number of hydrogen-bond acceptors (Lipinski definition) is 6. The van der Waals surface area contributed by atoms with Crippen molar-refractivity contribution in [3.8, 4) is 5.69 Å². The molecule has 3 rings (SSSR count). The Morgan fingerprint density at radius 2 is 1.91 bits per heavy atom. The van der Waals surface area contributed by atoms with Gasteiger partial charge in [0, 0.05) is 34.3 Å². The molecule has 0 unspecified atom stereocenters. The van der Waals surface area contributed by atoms with Gasteiger partial charge < -0.3 is 9.30 Å². The summed E-state index contributed by atoms with van der Waals surface area (Å²) in [6.07, 6.45) is 1.36. The molecule has 9 nitrogen and oxygen atoms in total. The van der Waals surface area contributed by atoms with E-state index in [1.54, 1.807) is 30.3 Å². The summed E-state index contributed by atoms with van der Waals surface area (Å²) in [6.45, 7) is 3.82. The van der Waals surface area contributed by atoms with Crippen molar-refractivity contribution in [2.75, 3.05) is 7.11 Å². The van der Waals surface area contributed by atoms with Gasteiger partial charge in [0.15, 0.2) is 0 Å². The largest absolute Gasteiger partial charge is 0.465 e. The molecule has 0 atom stereocenters. The van der Waals surface area contributed by atoms with Crippen LogP contribution in [-0.4, -0.2) is 34.7 Å². The Hall–Kier alpha value is -4.27. The van der Waals surface area contributed by atoms with Crippen LogP contribution in [0.3, 0.4) is 0 Å². The van der Waals surface area contributed by atoms with Crippen molar-refractivity contribution in [1.29, 1.82) is 0 Å². The maximum absolute atomic E-state index is 12.2. The maximum Gasteiger partial charge on any atom is 0.337 e. The summed E-state index contributed by atoms with van der Waals surface area (Å²) in [5.41, 5.74) is 6.40. The predicted octanol–water partition coefficient (Wildman–Crippen LogP) is 3.48. The zero-order valence-electron chi connectivity index (χ0n) is 17.9. The number of nitrogens with one attached hydrogen (secondary N) is 1.